The Kier molecular flexibility index (Phi) is 4.52. The number of likely N-dealkylation sites (tertiary alicyclic amines) is 1. The Morgan fingerprint density at radius 3 is 2.64 bits per heavy atom. The van der Waals surface area contributed by atoms with Crippen LogP contribution in [0.1, 0.15) is 29.6 Å². The fourth-order valence-corrected chi connectivity index (χ4v) is 3.15. The second-order valence-electron chi connectivity index (χ2n) is 6.10. The van der Waals surface area contributed by atoms with Gasteiger partial charge in [-0.15, -0.1) is 0 Å². The van der Waals surface area contributed by atoms with Crippen LogP contribution in [0.2, 0.25) is 0 Å². The zero-order valence-corrected chi connectivity index (χ0v) is 13.0. The number of amides is 1. The highest BCUT2D eigenvalue weighted by Crippen LogP contribution is 2.39. The average molecular weight is 305 g/mol. The molecule has 0 atom stereocenters. The van der Waals surface area contributed by atoms with Gasteiger partial charge in [0.05, 0.1) is 13.7 Å². The van der Waals surface area contributed by atoms with Crippen LogP contribution in [0.15, 0.2) is 18.2 Å². The Hall–Kier alpha value is -1.75. The van der Waals surface area contributed by atoms with Crippen LogP contribution in [0.25, 0.3) is 0 Å². The third-order valence-electron chi connectivity index (χ3n) is 4.77. The van der Waals surface area contributed by atoms with E-state index in [0.717, 1.165) is 19.0 Å². The van der Waals surface area contributed by atoms with E-state index in [-0.39, 0.29) is 19.1 Å². The fraction of sp³-hybridized carbons (Fsp3) is 0.588. The van der Waals surface area contributed by atoms with Crippen LogP contribution in [-0.4, -0.2) is 49.3 Å². The van der Waals surface area contributed by atoms with Crippen LogP contribution < -0.4 is 9.47 Å². The van der Waals surface area contributed by atoms with Gasteiger partial charge in [0.2, 0.25) is 0 Å². The van der Waals surface area contributed by atoms with E-state index in [1.54, 1.807) is 25.3 Å². The zero-order chi connectivity index (χ0) is 15.5. The molecule has 1 aliphatic carbocycles. The molecule has 1 saturated carbocycles. The zero-order valence-electron chi connectivity index (χ0n) is 13.0. The number of carbonyl (C=O) groups is 1. The minimum atomic E-state index is -0.0729. The van der Waals surface area contributed by atoms with Gasteiger partial charge in [-0.2, -0.15) is 0 Å². The van der Waals surface area contributed by atoms with Gasteiger partial charge >= 0.3 is 0 Å². The van der Waals surface area contributed by atoms with Gasteiger partial charge in [-0.3, -0.25) is 4.79 Å². The lowest BCUT2D eigenvalue weighted by molar-refractivity contribution is 0.0220. The molecule has 0 bridgehead atoms. The summed E-state index contributed by atoms with van der Waals surface area (Å²) < 4.78 is 10.7. The first-order valence-corrected chi connectivity index (χ1v) is 7.94. The number of carbonyl (C=O) groups excluding carboxylic acids is 1. The first-order chi connectivity index (χ1) is 10.7. The third-order valence-corrected chi connectivity index (χ3v) is 4.77. The molecule has 120 valence electrons. The number of hydrogen-bond donors (Lipinski definition) is 1. The number of ether oxygens (including phenoxy) is 2. The Morgan fingerprint density at radius 1 is 1.27 bits per heavy atom. The number of nitrogens with zero attached hydrogens (tertiary/aromatic N) is 1. The summed E-state index contributed by atoms with van der Waals surface area (Å²) >= 11 is 0. The van der Waals surface area contributed by atoms with E-state index >= 15 is 0 Å². The molecule has 1 saturated heterocycles. The summed E-state index contributed by atoms with van der Waals surface area (Å²) in [5.41, 5.74) is 0.612. The number of rotatable bonds is 6. The van der Waals surface area contributed by atoms with Crippen LogP contribution in [0.4, 0.5) is 0 Å². The van der Waals surface area contributed by atoms with Gasteiger partial charge in [0.1, 0.15) is 6.61 Å². The van der Waals surface area contributed by atoms with Gasteiger partial charge in [-0.1, -0.05) is 19.3 Å². The van der Waals surface area contributed by atoms with Crippen LogP contribution in [0.3, 0.4) is 0 Å². The molecule has 0 radical (unpaired) electrons. The van der Waals surface area contributed by atoms with E-state index in [0.29, 0.717) is 23.0 Å². The topological polar surface area (TPSA) is 59.0 Å². The third kappa shape index (κ3) is 2.90. The van der Waals surface area contributed by atoms with Crippen LogP contribution in [-0.2, 0) is 0 Å². The van der Waals surface area contributed by atoms with Crippen molar-refractivity contribution in [1.29, 1.82) is 0 Å². The number of hydrogen-bond acceptors (Lipinski definition) is 4. The van der Waals surface area contributed by atoms with Crippen LogP contribution in [0.5, 0.6) is 11.5 Å². The molecule has 1 aromatic rings. The summed E-state index contributed by atoms with van der Waals surface area (Å²) in [5, 5.41) is 8.87. The molecule has 1 N–H and O–H groups in total. The van der Waals surface area contributed by atoms with Crippen molar-refractivity contribution in [2.24, 2.45) is 11.8 Å². The molecule has 3 rings (SSSR count). The van der Waals surface area contributed by atoms with Crippen molar-refractivity contribution in [2.45, 2.75) is 19.3 Å². The maximum Gasteiger partial charge on any atom is 0.254 e. The van der Waals surface area contributed by atoms with E-state index in [9.17, 15) is 4.79 Å². The largest absolute Gasteiger partial charge is 0.493 e. The number of aliphatic hydroxyl groups is 1. The van der Waals surface area contributed by atoms with Gasteiger partial charge in [0, 0.05) is 18.7 Å². The molecule has 1 aliphatic heterocycles. The molecular formula is C17H23NO4. The predicted molar refractivity (Wildman–Crippen MR) is 82.3 cm³/mol. The lowest BCUT2D eigenvalue weighted by Crippen LogP contribution is -2.53. The van der Waals surface area contributed by atoms with Gasteiger partial charge in [0.25, 0.3) is 5.91 Å². The van der Waals surface area contributed by atoms with E-state index < -0.39 is 0 Å². The van der Waals surface area contributed by atoms with E-state index in [2.05, 4.69) is 0 Å². The highest BCUT2D eigenvalue weighted by Gasteiger charge is 2.38. The summed E-state index contributed by atoms with van der Waals surface area (Å²) in [6.07, 6.45) is 4.00. The standard InChI is InChI=1S/C17H23NO4/c1-21-15-6-5-13(9-16(15)22-8-7-19)17(20)18-10-14(11-18)12-3-2-4-12/h5-6,9,12,14,19H,2-4,7-8,10-11H2,1H3. The Morgan fingerprint density at radius 2 is 2.05 bits per heavy atom. The minimum absolute atomic E-state index is 0.0482. The molecule has 0 spiro atoms. The SMILES string of the molecule is COc1ccc(C(=O)N2CC(C3CCC3)C2)cc1OCCO. The van der Waals surface area contributed by atoms with E-state index in [1.165, 1.54) is 19.3 Å². The number of benzene rings is 1. The Bertz CT molecular complexity index is 535. The molecule has 1 heterocycles. The molecule has 1 amide bonds. The van der Waals surface area contributed by atoms with E-state index in [1.807, 2.05) is 4.90 Å². The monoisotopic (exact) mass is 305 g/mol. The molecule has 0 unspecified atom stereocenters. The second-order valence-corrected chi connectivity index (χ2v) is 6.10. The molecule has 1 aromatic carbocycles. The Labute approximate surface area is 130 Å². The quantitative estimate of drug-likeness (QED) is 0.872. The maximum absolute atomic E-state index is 12.5. The van der Waals surface area contributed by atoms with Crippen LogP contribution >= 0.6 is 0 Å². The fourth-order valence-electron chi connectivity index (χ4n) is 3.15. The normalized spacial score (nSPS) is 18.5. The molecular weight excluding hydrogens is 282 g/mol. The van der Waals surface area contributed by atoms with Crippen molar-refractivity contribution < 1.29 is 19.4 Å². The summed E-state index contributed by atoms with van der Waals surface area (Å²) in [6.45, 7) is 1.86. The van der Waals surface area contributed by atoms with Crippen molar-refractivity contribution in [2.75, 3.05) is 33.4 Å². The maximum atomic E-state index is 12.5. The highest BCUT2D eigenvalue weighted by atomic mass is 16.5. The van der Waals surface area contributed by atoms with Crippen molar-refractivity contribution in [3.05, 3.63) is 23.8 Å². The summed E-state index contributed by atoms with van der Waals surface area (Å²) in [5.74, 6) is 2.65. The lowest BCUT2D eigenvalue weighted by Gasteiger charge is -2.46. The summed E-state index contributed by atoms with van der Waals surface area (Å²) in [4.78, 5) is 14.4. The predicted octanol–water partition coefficient (Wildman–Crippen LogP) is 1.94. The molecule has 0 aromatic heterocycles. The molecule has 5 nitrogen and oxygen atoms in total. The minimum Gasteiger partial charge on any atom is -0.493 e. The highest BCUT2D eigenvalue weighted by molar-refractivity contribution is 5.95. The van der Waals surface area contributed by atoms with Crippen molar-refractivity contribution in [3.63, 3.8) is 0 Å². The first-order valence-electron chi connectivity index (χ1n) is 7.94. The van der Waals surface area contributed by atoms with Gasteiger partial charge < -0.3 is 19.5 Å². The van der Waals surface area contributed by atoms with Crippen molar-refractivity contribution in [1.82, 2.24) is 4.90 Å². The summed E-state index contributed by atoms with van der Waals surface area (Å²) in [7, 11) is 1.56. The van der Waals surface area contributed by atoms with Crippen molar-refractivity contribution in [3.8, 4) is 11.5 Å². The van der Waals surface area contributed by atoms with Crippen molar-refractivity contribution >= 4 is 5.91 Å². The van der Waals surface area contributed by atoms with Crippen LogP contribution in [0, 0.1) is 11.8 Å². The average Bonchev–Trinajstić information content (AvgIpc) is 2.45. The first kappa shape index (κ1) is 15.2. The molecule has 22 heavy (non-hydrogen) atoms. The summed E-state index contributed by atoms with van der Waals surface area (Å²) in [6, 6.07) is 5.21. The lowest BCUT2D eigenvalue weighted by atomic mass is 9.72. The van der Waals surface area contributed by atoms with E-state index in [4.69, 9.17) is 14.6 Å². The Balaban J connectivity index is 1.64. The second kappa shape index (κ2) is 6.57. The molecule has 2 aliphatic rings. The van der Waals surface area contributed by atoms with Gasteiger partial charge in [-0.25, -0.2) is 0 Å². The molecule has 2 fully saturated rings. The molecule has 5 heteroatoms. The smallest absolute Gasteiger partial charge is 0.254 e. The van der Waals surface area contributed by atoms with Gasteiger partial charge in [-0.05, 0) is 30.0 Å². The number of methoxy groups -OCH3 is 1. The van der Waals surface area contributed by atoms with Gasteiger partial charge in [0.15, 0.2) is 11.5 Å². The number of aliphatic hydroxyl groups excluding tert-OH is 1.